The van der Waals surface area contributed by atoms with E-state index in [0.29, 0.717) is 12.2 Å². The monoisotopic (exact) mass is 395 g/mol. The van der Waals surface area contributed by atoms with Crippen molar-refractivity contribution in [2.24, 2.45) is 13.0 Å². The number of unbranched alkanes of at least 4 members (excludes halogenated alkanes) is 5. The van der Waals surface area contributed by atoms with Crippen molar-refractivity contribution in [3.63, 3.8) is 0 Å². The molecule has 0 fully saturated rings. The smallest absolute Gasteiger partial charge is 0.338 e. The fraction of sp³-hybridized carbons (Fsp3) is 0.500. The number of ether oxygens (including phenoxy) is 1. The molecule has 1 aromatic carbocycles. The summed E-state index contributed by atoms with van der Waals surface area (Å²) in [6, 6.07) is 11.7. The van der Waals surface area contributed by atoms with Crippen molar-refractivity contribution in [3.05, 3.63) is 59.4 Å². The van der Waals surface area contributed by atoms with E-state index in [0.717, 1.165) is 30.0 Å². The topological polar surface area (TPSA) is 31.2 Å². The average Bonchev–Trinajstić information content (AvgIpc) is 3.15. The summed E-state index contributed by atoms with van der Waals surface area (Å²) < 4.78 is 7.48. The molecule has 0 radical (unpaired) electrons. The van der Waals surface area contributed by atoms with E-state index in [4.69, 9.17) is 4.74 Å². The summed E-state index contributed by atoms with van der Waals surface area (Å²) in [6.07, 6.45) is 16.1. The van der Waals surface area contributed by atoms with Gasteiger partial charge in [-0.15, -0.1) is 0 Å². The molecule has 3 nitrogen and oxygen atoms in total. The Hall–Kier alpha value is -2.29. The molecule has 1 heterocycles. The van der Waals surface area contributed by atoms with Crippen LogP contribution in [0.1, 0.15) is 86.8 Å². The molecule has 0 N–H and O–H groups in total. The van der Waals surface area contributed by atoms with Crippen LogP contribution in [-0.2, 0) is 11.8 Å². The Labute approximate surface area is 176 Å². The molecule has 0 aliphatic heterocycles. The lowest BCUT2D eigenvalue weighted by molar-refractivity contribution is 0.0497. The Balaban J connectivity index is 1.59. The molecule has 0 spiro atoms. The van der Waals surface area contributed by atoms with E-state index in [1.54, 1.807) is 0 Å². The normalized spacial score (nSPS) is 12.4. The van der Waals surface area contributed by atoms with Gasteiger partial charge in [0, 0.05) is 18.9 Å². The number of hydrogen-bond acceptors (Lipinski definition) is 2. The van der Waals surface area contributed by atoms with Crippen LogP contribution in [0.5, 0.6) is 0 Å². The van der Waals surface area contributed by atoms with E-state index in [9.17, 15) is 4.79 Å². The third kappa shape index (κ3) is 8.72. The highest BCUT2D eigenvalue weighted by Gasteiger charge is 2.06. The first-order valence-electron chi connectivity index (χ1n) is 11.2. The van der Waals surface area contributed by atoms with Gasteiger partial charge in [-0.1, -0.05) is 77.0 Å². The molecule has 158 valence electrons. The minimum atomic E-state index is -0.225. The van der Waals surface area contributed by atoms with Crippen molar-refractivity contribution in [3.8, 4) is 0 Å². The molecule has 0 aliphatic rings. The van der Waals surface area contributed by atoms with Crippen LogP contribution >= 0.6 is 0 Å². The number of rotatable bonds is 13. The molecule has 2 rings (SSSR count). The number of benzene rings is 1. The molecule has 0 saturated carbocycles. The maximum atomic E-state index is 12.2. The molecule has 1 unspecified atom stereocenters. The van der Waals surface area contributed by atoms with Gasteiger partial charge in [0.2, 0.25) is 0 Å². The maximum Gasteiger partial charge on any atom is 0.338 e. The van der Waals surface area contributed by atoms with E-state index in [-0.39, 0.29) is 5.97 Å². The third-order valence-electron chi connectivity index (χ3n) is 5.60. The first-order valence-corrected chi connectivity index (χ1v) is 11.2. The predicted molar refractivity (Wildman–Crippen MR) is 123 cm³/mol. The molecule has 29 heavy (non-hydrogen) atoms. The lowest BCUT2D eigenvalue weighted by atomic mass is 10.00. The summed E-state index contributed by atoms with van der Waals surface area (Å²) in [5, 5.41) is 0. The molecule has 2 aromatic rings. The van der Waals surface area contributed by atoms with E-state index in [1.165, 1.54) is 38.5 Å². The number of nitrogens with zero attached hydrogens (tertiary/aromatic N) is 1. The Bertz CT molecular complexity index is 742. The van der Waals surface area contributed by atoms with E-state index < -0.39 is 0 Å². The first kappa shape index (κ1) is 23.0. The van der Waals surface area contributed by atoms with Gasteiger partial charge in [-0.25, -0.2) is 4.79 Å². The SMILES string of the molecule is CCC(C)CCCCCCCCOC(=O)c1ccc(/C=C/c2cccn2C)cc1. The average molecular weight is 396 g/mol. The highest BCUT2D eigenvalue weighted by atomic mass is 16.5. The molecule has 1 atom stereocenters. The highest BCUT2D eigenvalue weighted by molar-refractivity contribution is 5.89. The van der Waals surface area contributed by atoms with Gasteiger partial charge in [-0.3, -0.25) is 0 Å². The van der Waals surface area contributed by atoms with Crippen LogP contribution in [0.25, 0.3) is 12.2 Å². The number of aryl methyl sites for hydroxylation is 1. The zero-order valence-corrected chi connectivity index (χ0v) is 18.4. The summed E-state index contributed by atoms with van der Waals surface area (Å²) in [6.45, 7) is 5.12. The summed E-state index contributed by atoms with van der Waals surface area (Å²) in [5.74, 6) is 0.639. The van der Waals surface area contributed by atoms with Crippen LogP contribution in [0.2, 0.25) is 0 Å². The van der Waals surface area contributed by atoms with Crippen molar-refractivity contribution >= 4 is 18.1 Å². The van der Waals surface area contributed by atoms with Crippen LogP contribution in [0.4, 0.5) is 0 Å². The second kappa shape index (κ2) is 13.0. The molecule has 3 heteroatoms. The number of carbonyl (C=O) groups is 1. The van der Waals surface area contributed by atoms with Gasteiger partial charge in [0.1, 0.15) is 0 Å². The van der Waals surface area contributed by atoms with Crippen molar-refractivity contribution < 1.29 is 9.53 Å². The van der Waals surface area contributed by atoms with Crippen LogP contribution in [0, 0.1) is 5.92 Å². The van der Waals surface area contributed by atoms with Crippen molar-refractivity contribution in [1.29, 1.82) is 0 Å². The number of carbonyl (C=O) groups excluding carboxylic acids is 1. The van der Waals surface area contributed by atoms with Crippen molar-refractivity contribution in [2.75, 3.05) is 6.61 Å². The van der Waals surface area contributed by atoms with Gasteiger partial charge >= 0.3 is 5.97 Å². The fourth-order valence-electron chi connectivity index (χ4n) is 3.31. The summed E-state index contributed by atoms with van der Waals surface area (Å²) in [4.78, 5) is 12.2. The Morgan fingerprint density at radius 3 is 2.34 bits per heavy atom. The van der Waals surface area contributed by atoms with Gasteiger partial charge in [-0.2, -0.15) is 0 Å². The van der Waals surface area contributed by atoms with Crippen molar-refractivity contribution in [1.82, 2.24) is 4.57 Å². The highest BCUT2D eigenvalue weighted by Crippen LogP contribution is 2.14. The van der Waals surface area contributed by atoms with Crippen molar-refractivity contribution in [2.45, 2.75) is 65.2 Å². The first-order chi connectivity index (χ1) is 14.1. The molecular formula is C26H37NO2. The lowest BCUT2D eigenvalue weighted by Gasteiger charge is -2.08. The maximum absolute atomic E-state index is 12.2. The molecular weight excluding hydrogens is 358 g/mol. The van der Waals surface area contributed by atoms with Gasteiger partial charge < -0.3 is 9.30 Å². The van der Waals surface area contributed by atoms with Crippen LogP contribution in [-0.4, -0.2) is 17.1 Å². The lowest BCUT2D eigenvalue weighted by Crippen LogP contribution is -2.06. The molecule has 1 aromatic heterocycles. The second-order valence-electron chi connectivity index (χ2n) is 8.06. The summed E-state index contributed by atoms with van der Waals surface area (Å²) in [7, 11) is 2.02. The van der Waals surface area contributed by atoms with E-state index in [2.05, 4.69) is 30.6 Å². The second-order valence-corrected chi connectivity index (χ2v) is 8.06. The molecule has 0 amide bonds. The zero-order valence-electron chi connectivity index (χ0n) is 18.4. The van der Waals surface area contributed by atoms with Gasteiger partial charge in [0.15, 0.2) is 0 Å². The standard InChI is InChI=1S/C26H37NO2/c1-4-22(2)12-9-7-5-6-8-10-21-29-26(28)24-17-14-23(15-18-24)16-19-25-13-11-20-27(25)3/h11,13-20,22H,4-10,12,21H2,1-3H3/b19-16+. The van der Waals surface area contributed by atoms with Gasteiger partial charge in [0.05, 0.1) is 12.2 Å². The Morgan fingerprint density at radius 1 is 1.00 bits per heavy atom. The van der Waals surface area contributed by atoms with Gasteiger partial charge in [0.25, 0.3) is 0 Å². The number of aromatic nitrogens is 1. The number of hydrogen-bond donors (Lipinski definition) is 0. The van der Waals surface area contributed by atoms with Crippen LogP contribution < -0.4 is 0 Å². The quantitative estimate of drug-likeness (QED) is 0.267. The zero-order chi connectivity index (χ0) is 20.9. The fourth-order valence-corrected chi connectivity index (χ4v) is 3.31. The largest absolute Gasteiger partial charge is 0.462 e. The molecule has 0 saturated heterocycles. The minimum Gasteiger partial charge on any atom is -0.462 e. The molecule has 0 aliphatic carbocycles. The Kier molecular flexibility index (Phi) is 10.3. The van der Waals surface area contributed by atoms with Gasteiger partial charge in [-0.05, 0) is 48.2 Å². The summed E-state index contributed by atoms with van der Waals surface area (Å²) >= 11 is 0. The summed E-state index contributed by atoms with van der Waals surface area (Å²) in [5.41, 5.74) is 2.83. The van der Waals surface area contributed by atoms with Crippen LogP contribution in [0.15, 0.2) is 42.6 Å². The predicted octanol–water partition coefficient (Wildman–Crippen LogP) is 7.13. The van der Waals surface area contributed by atoms with Crippen LogP contribution in [0.3, 0.4) is 0 Å². The molecule has 0 bridgehead atoms. The van der Waals surface area contributed by atoms with E-state index >= 15 is 0 Å². The van der Waals surface area contributed by atoms with E-state index in [1.807, 2.05) is 49.7 Å². The third-order valence-corrected chi connectivity index (χ3v) is 5.60. The Morgan fingerprint density at radius 2 is 1.69 bits per heavy atom. The minimum absolute atomic E-state index is 0.225. The number of esters is 1.